The van der Waals surface area contributed by atoms with Crippen LogP contribution in [0.2, 0.25) is 5.02 Å². The molecule has 1 aliphatic rings. The first-order chi connectivity index (χ1) is 12.2. The summed E-state index contributed by atoms with van der Waals surface area (Å²) in [5.41, 5.74) is 6.43. The largest absolute Gasteiger partial charge is 0.310 e. The van der Waals surface area contributed by atoms with Crippen molar-refractivity contribution in [2.75, 3.05) is 6.54 Å². The minimum atomic E-state index is -0.527. The molecular formula is C20H21ClN2O2. The highest BCUT2D eigenvalue weighted by molar-refractivity contribution is 6.30. The van der Waals surface area contributed by atoms with Gasteiger partial charge in [0.05, 0.1) is 0 Å². The van der Waals surface area contributed by atoms with Crippen LogP contribution in [0, 0.1) is 0 Å². The van der Waals surface area contributed by atoms with Gasteiger partial charge in [0.1, 0.15) is 0 Å². The molecule has 5 heteroatoms. The molecule has 130 valence electrons. The molecule has 3 rings (SSSR count). The Morgan fingerprint density at radius 2 is 2.16 bits per heavy atom. The average Bonchev–Trinajstić information content (AvgIpc) is 3.02. The number of carbonyl (C=O) groups excluding carboxylic acids is 1. The Kier molecular flexibility index (Phi) is 5.87. The maximum absolute atomic E-state index is 11.1. The van der Waals surface area contributed by atoms with Gasteiger partial charge in [0.15, 0.2) is 0 Å². The van der Waals surface area contributed by atoms with E-state index in [2.05, 4.69) is 23.5 Å². The van der Waals surface area contributed by atoms with Gasteiger partial charge in [0, 0.05) is 17.1 Å². The molecule has 2 aromatic rings. The Labute approximate surface area is 152 Å². The van der Waals surface area contributed by atoms with Gasteiger partial charge in [-0.3, -0.25) is 10.0 Å². The summed E-state index contributed by atoms with van der Waals surface area (Å²) in [4.78, 5) is 11.1. The van der Waals surface area contributed by atoms with Crippen LogP contribution >= 0.6 is 11.6 Å². The lowest BCUT2D eigenvalue weighted by atomic mass is 10.0. The molecule has 0 fully saturated rings. The van der Waals surface area contributed by atoms with Crippen LogP contribution in [-0.2, 0) is 17.6 Å². The molecule has 0 saturated heterocycles. The van der Waals surface area contributed by atoms with E-state index in [-0.39, 0.29) is 0 Å². The zero-order valence-corrected chi connectivity index (χ0v) is 14.6. The normalized spacial score (nSPS) is 16.2. The van der Waals surface area contributed by atoms with E-state index in [1.54, 1.807) is 11.6 Å². The number of nitrogens with one attached hydrogen (secondary N) is 2. The topological polar surface area (TPSA) is 61.4 Å². The number of benzene rings is 2. The van der Waals surface area contributed by atoms with Crippen molar-refractivity contribution in [3.05, 3.63) is 75.8 Å². The van der Waals surface area contributed by atoms with Gasteiger partial charge < -0.3 is 5.32 Å². The van der Waals surface area contributed by atoms with Crippen molar-refractivity contribution in [2.24, 2.45) is 0 Å². The number of carbonyl (C=O) groups is 1. The van der Waals surface area contributed by atoms with Crippen molar-refractivity contribution < 1.29 is 10.0 Å². The third kappa shape index (κ3) is 4.69. The summed E-state index contributed by atoms with van der Waals surface area (Å²) in [6, 6.07) is 14.6. The molecule has 3 N–H and O–H groups in total. The summed E-state index contributed by atoms with van der Waals surface area (Å²) in [6.07, 6.45) is 6.07. The van der Waals surface area contributed by atoms with Crippen LogP contribution in [0.5, 0.6) is 0 Å². The molecule has 0 bridgehead atoms. The number of amides is 1. The van der Waals surface area contributed by atoms with Gasteiger partial charge in [-0.15, -0.1) is 0 Å². The zero-order valence-electron chi connectivity index (χ0n) is 13.8. The second-order valence-electron chi connectivity index (χ2n) is 6.19. The SMILES string of the molecule is O=C(C=Cc1ccc2c(c1)CCC2NCCc1cccc(Cl)c1)NO. The maximum Gasteiger partial charge on any atom is 0.267 e. The highest BCUT2D eigenvalue weighted by atomic mass is 35.5. The number of rotatable bonds is 6. The molecule has 0 spiro atoms. The third-order valence-electron chi connectivity index (χ3n) is 4.48. The van der Waals surface area contributed by atoms with Gasteiger partial charge in [-0.05, 0) is 66.3 Å². The number of hydrogen-bond donors (Lipinski definition) is 3. The molecule has 1 aliphatic carbocycles. The van der Waals surface area contributed by atoms with E-state index in [4.69, 9.17) is 16.8 Å². The first-order valence-electron chi connectivity index (χ1n) is 8.38. The Balaban J connectivity index is 1.58. The number of fused-ring (bicyclic) bond motifs is 1. The minimum Gasteiger partial charge on any atom is -0.310 e. The fourth-order valence-electron chi connectivity index (χ4n) is 3.25. The number of hydrogen-bond acceptors (Lipinski definition) is 3. The zero-order chi connectivity index (χ0) is 17.6. The second-order valence-corrected chi connectivity index (χ2v) is 6.63. The molecule has 25 heavy (non-hydrogen) atoms. The van der Waals surface area contributed by atoms with Gasteiger partial charge >= 0.3 is 0 Å². The van der Waals surface area contributed by atoms with Gasteiger partial charge in [0.25, 0.3) is 5.91 Å². The predicted molar refractivity (Wildman–Crippen MR) is 99.6 cm³/mol. The van der Waals surface area contributed by atoms with Crippen LogP contribution in [0.15, 0.2) is 48.5 Å². The molecule has 1 amide bonds. The van der Waals surface area contributed by atoms with Crippen LogP contribution in [0.4, 0.5) is 0 Å². The third-order valence-corrected chi connectivity index (χ3v) is 4.71. The van der Waals surface area contributed by atoms with Crippen molar-refractivity contribution in [1.29, 1.82) is 0 Å². The molecule has 0 saturated carbocycles. The highest BCUT2D eigenvalue weighted by Gasteiger charge is 2.21. The van der Waals surface area contributed by atoms with Gasteiger partial charge in [0.2, 0.25) is 0 Å². The Hall–Kier alpha value is -2.14. The fourth-order valence-corrected chi connectivity index (χ4v) is 3.46. The smallest absolute Gasteiger partial charge is 0.267 e. The summed E-state index contributed by atoms with van der Waals surface area (Å²) >= 11 is 6.02. The lowest BCUT2D eigenvalue weighted by molar-refractivity contribution is -0.124. The van der Waals surface area contributed by atoms with Gasteiger partial charge in [-0.2, -0.15) is 0 Å². The van der Waals surface area contributed by atoms with E-state index in [9.17, 15) is 4.79 Å². The van der Waals surface area contributed by atoms with Crippen LogP contribution < -0.4 is 10.8 Å². The average molecular weight is 357 g/mol. The van der Waals surface area contributed by atoms with Crippen LogP contribution in [0.25, 0.3) is 6.08 Å². The monoisotopic (exact) mass is 356 g/mol. The van der Waals surface area contributed by atoms with Crippen molar-refractivity contribution in [3.63, 3.8) is 0 Å². The van der Waals surface area contributed by atoms with Crippen LogP contribution in [-0.4, -0.2) is 17.7 Å². The summed E-state index contributed by atoms with van der Waals surface area (Å²) in [7, 11) is 0. The lowest BCUT2D eigenvalue weighted by Crippen LogP contribution is -2.21. The minimum absolute atomic E-state index is 0.368. The van der Waals surface area contributed by atoms with E-state index in [0.29, 0.717) is 6.04 Å². The quantitative estimate of drug-likeness (QED) is 0.420. The fraction of sp³-hybridized carbons (Fsp3) is 0.250. The number of halogens is 1. The Morgan fingerprint density at radius 1 is 1.28 bits per heavy atom. The molecule has 0 radical (unpaired) electrons. The highest BCUT2D eigenvalue weighted by Crippen LogP contribution is 2.32. The molecule has 2 aromatic carbocycles. The Bertz CT molecular complexity index is 789. The van der Waals surface area contributed by atoms with Crippen molar-refractivity contribution in [1.82, 2.24) is 10.8 Å². The second kappa shape index (κ2) is 8.30. The number of aryl methyl sites for hydroxylation is 1. The maximum atomic E-state index is 11.1. The van der Waals surface area contributed by atoms with E-state index >= 15 is 0 Å². The van der Waals surface area contributed by atoms with Gasteiger partial charge in [-0.1, -0.05) is 41.9 Å². The molecule has 0 heterocycles. The van der Waals surface area contributed by atoms with Crippen molar-refractivity contribution in [2.45, 2.75) is 25.3 Å². The Morgan fingerprint density at radius 3 is 2.96 bits per heavy atom. The summed E-state index contributed by atoms with van der Waals surface area (Å²) in [5, 5.41) is 12.9. The summed E-state index contributed by atoms with van der Waals surface area (Å²) in [5.74, 6) is -0.527. The van der Waals surface area contributed by atoms with Crippen LogP contribution in [0.1, 0.15) is 34.7 Å². The van der Waals surface area contributed by atoms with Crippen molar-refractivity contribution in [3.8, 4) is 0 Å². The number of hydroxylamine groups is 1. The van der Waals surface area contributed by atoms with Gasteiger partial charge in [-0.25, -0.2) is 5.48 Å². The van der Waals surface area contributed by atoms with E-state index < -0.39 is 5.91 Å². The molecule has 1 atom stereocenters. The molecule has 0 aliphatic heterocycles. The molecule has 4 nitrogen and oxygen atoms in total. The first kappa shape index (κ1) is 17.7. The molecule has 0 aromatic heterocycles. The van der Waals surface area contributed by atoms with Crippen molar-refractivity contribution >= 4 is 23.6 Å². The van der Waals surface area contributed by atoms with E-state index in [0.717, 1.165) is 36.4 Å². The first-order valence-corrected chi connectivity index (χ1v) is 8.76. The molecule has 1 unspecified atom stereocenters. The lowest BCUT2D eigenvalue weighted by Gasteiger charge is -2.14. The van der Waals surface area contributed by atoms with E-state index in [1.165, 1.54) is 22.8 Å². The summed E-state index contributed by atoms with van der Waals surface area (Å²) in [6.45, 7) is 0.906. The van der Waals surface area contributed by atoms with E-state index in [1.807, 2.05) is 24.3 Å². The van der Waals surface area contributed by atoms with Crippen LogP contribution in [0.3, 0.4) is 0 Å². The predicted octanol–water partition coefficient (Wildman–Crippen LogP) is 3.68. The molecular weight excluding hydrogens is 336 g/mol. The standard InChI is InChI=1S/C20H21ClN2O2/c21-17-3-1-2-14(13-17)10-11-22-19-8-6-16-12-15(4-7-18(16)19)5-9-20(24)23-25/h1-5,7,9,12-13,19,22,25H,6,8,10-11H2,(H,23,24). The summed E-state index contributed by atoms with van der Waals surface area (Å²) < 4.78 is 0.